The molecule has 1 amide bonds. The number of benzene rings is 2. The van der Waals surface area contributed by atoms with Gasteiger partial charge in [0, 0.05) is 55.5 Å². The van der Waals surface area contributed by atoms with Crippen LogP contribution in [0.4, 0.5) is 11.4 Å². The van der Waals surface area contributed by atoms with Crippen LogP contribution in [0.2, 0.25) is 5.02 Å². The third kappa shape index (κ3) is 5.73. The first-order valence-corrected chi connectivity index (χ1v) is 10.9. The monoisotopic (exact) mass is 429 g/mol. The van der Waals surface area contributed by atoms with Gasteiger partial charge in [0.2, 0.25) is 5.91 Å². The Morgan fingerprint density at radius 2 is 1.73 bits per heavy atom. The van der Waals surface area contributed by atoms with Crippen molar-refractivity contribution in [3.05, 3.63) is 59.1 Å². The molecule has 2 heterocycles. The molecule has 2 saturated heterocycles. The fraction of sp³-hybridized carbons (Fsp3) is 0.435. The molecule has 1 atom stereocenters. The van der Waals surface area contributed by atoms with Crippen molar-refractivity contribution in [1.82, 2.24) is 4.90 Å². The van der Waals surface area contributed by atoms with E-state index in [4.69, 9.17) is 21.1 Å². The van der Waals surface area contributed by atoms with E-state index in [2.05, 4.69) is 27.2 Å². The van der Waals surface area contributed by atoms with Gasteiger partial charge in [-0.2, -0.15) is 0 Å². The summed E-state index contributed by atoms with van der Waals surface area (Å²) in [6, 6.07) is 15.8. The number of nitrogens with zero attached hydrogens (tertiary/aromatic N) is 2. The van der Waals surface area contributed by atoms with E-state index in [0.29, 0.717) is 19.6 Å². The van der Waals surface area contributed by atoms with E-state index in [0.717, 1.165) is 61.4 Å². The Bertz CT molecular complexity index is 823. The molecule has 160 valence electrons. The molecule has 6 nitrogen and oxygen atoms in total. The lowest BCUT2D eigenvalue weighted by molar-refractivity contribution is -0.117. The predicted octanol–water partition coefficient (Wildman–Crippen LogP) is 3.58. The van der Waals surface area contributed by atoms with Gasteiger partial charge in [-0.3, -0.25) is 9.69 Å². The van der Waals surface area contributed by atoms with Crippen LogP contribution >= 0.6 is 11.6 Å². The normalized spacial score (nSPS) is 20.2. The van der Waals surface area contributed by atoms with Crippen LogP contribution in [0.3, 0.4) is 0 Å². The number of carbonyl (C=O) groups is 1. The maximum atomic E-state index is 12.4. The van der Waals surface area contributed by atoms with E-state index in [1.165, 1.54) is 0 Å². The Hall–Kier alpha value is -2.12. The van der Waals surface area contributed by atoms with Crippen molar-refractivity contribution in [3.8, 4) is 0 Å². The third-order valence-electron chi connectivity index (χ3n) is 5.57. The summed E-state index contributed by atoms with van der Waals surface area (Å²) >= 11 is 5.98. The fourth-order valence-electron chi connectivity index (χ4n) is 3.84. The highest BCUT2D eigenvalue weighted by molar-refractivity contribution is 6.30. The van der Waals surface area contributed by atoms with Gasteiger partial charge in [-0.25, -0.2) is 0 Å². The van der Waals surface area contributed by atoms with E-state index in [1.54, 1.807) is 0 Å². The van der Waals surface area contributed by atoms with Gasteiger partial charge in [0.1, 0.15) is 0 Å². The van der Waals surface area contributed by atoms with Gasteiger partial charge in [0.05, 0.1) is 25.9 Å². The SMILES string of the molecule is O=C(CCN1CCO[C@H](c2ccc(Cl)cc2)C1)Nc1ccc(N2CCOCC2)cc1. The van der Waals surface area contributed by atoms with Crippen LogP contribution in [-0.4, -0.2) is 63.4 Å². The number of anilines is 2. The minimum atomic E-state index is 0.0202. The fourth-order valence-corrected chi connectivity index (χ4v) is 3.97. The Balaban J connectivity index is 1.23. The van der Waals surface area contributed by atoms with Crippen molar-refractivity contribution in [1.29, 1.82) is 0 Å². The van der Waals surface area contributed by atoms with Gasteiger partial charge in [-0.05, 0) is 42.0 Å². The van der Waals surface area contributed by atoms with Gasteiger partial charge in [-0.15, -0.1) is 0 Å². The molecule has 2 aliphatic heterocycles. The third-order valence-corrected chi connectivity index (χ3v) is 5.83. The summed E-state index contributed by atoms with van der Waals surface area (Å²) in [7, 11) is 0. The summed E-state index contributed by atoms with van der Waals surface area (Å²) in [6.07, 6.45) is 0.477. The molecule has 0 saturated carbocycles. The lowest BCUT2D eigenvalue weighted by Crippen LogP contribution is -2.39. The molecule has 4 rings (SSSR count). The topological polar surface area (TPSA) is 54.0 Å². The molecule has 2 aliphatic rings. The van der Waals surface area contributed by atoms with Crippen molar-refractivity contribution in [2.24, 2.45) is 0 Å². The van der Waals surface area contributed by atoms with E-state index in [-0.39, 0.29) is 12.0 Å². The number of halogens is 1. The number of nitrogens with one attached hydrogen (secondary N) is 1. The summed E-state index contributed by atoms with van der Waals surface area (Å²) in [5, 5.41) is 3.73. The highest BCUT2D eigenvalue weighted by atomic mass is 35.5. The molecule has 0 radical (unpaired) electrons. The quantitative estimate of drug-likeness (QED) is 0.760. The molecule has 0 aromatic heterocycles. The maximum absolute atomic E-state index is 12.4. The van der Waals surface area contributed by atoms with Crippen LogP contribution in [0, 0.1) is 0 Å². The van der Waals surface area contributed by atoms with Gasteiger partial charge in [0.25, 0.3) is 0 Å². The number of amides is 1. The van der Waals surface area contributed by atoms with Crippen LogP contribution < -0.4 is 10.2 Å². The van der Waals surface area contributed by atoms with E-state index in [9.17, 15) is 4.79 Å². The molecule has 7 heteroatoms. The summed E-state index contributed by atoms with van der Waals surface area (Å²) in [6.45, 7) is 6.33. The average Bonchev–Trinajstić information content (AvgIpc) is 2.79. The molecule has 2 fully saturated rings. The number of hydrogen-bond donors (Lipinski definition) is 1. The largest absolute Gasteiger partial charge is 0.378 e. The van der Waals surface area contributed by atoms with Gasteiger partial charge in [0.15, 0.2) is 0 Å². The minimum absolute atomic E-state index is 0.0202. The first-order chi connectivity index (χ1) is 14.7. The van der Waals surface area contributed by atoms with Crippen LogP contribution in [0.1, 0.15) is 18.1 Å². The molecule has 1 N–H and O–H groups in total. The second-order valence-corrected chi connectivity index (χ2v) is 8.09. The van der Waals surface area contributed by atoms with Gasteiger partial charge in [-0.1, -0.05) is 23.7 Å². The zero-order chi connectivity index (χ0) is 20.8. The molecule has 2 aromatic carbocycles. The second kappa shape index (κ2) is 10.3. The first kappa shape index (κ1) is 21.1. The number of rotatable bonds is 6. The molecule has 30 heavy (non-hydrogen) atoms. The lowest BCUT2D eigenvalue weighted by atomic mass is 10.1. The molecule has 0 aliphatic carbocycles. The predicted molar refractivity (Wildman–Crippen MR) is 119 cm³/mol. The van der Waals surface area contributed by atoms with Crippen molar-refractivity contribution >= 4 is 28.9 Å². The zero-order valence-corrected chi connectivity index (χ0v) is 17.8. The number of hydrogen-bond acceptors (Lipinski definition) is 5. The number of carbonyl (C=O) groups excluding carboxylic acids is 1. The van der Waals surface area contributed by atoms with E-state index >= 15 is 0 Å². The van der Waals surface area contributed by atoms with Crippen LogP contribution in [0.5, 0.6) is 0 Å². The molecule has 0 spiro atoms. The summed E-state index contributed by atoms with van der Waals surface area (Å²) in [4.78, 5) is 17.0. The van der Waals surface area contributed by atoms with E-state index < -0.39 is 0 Å². The van der Waals surface area contributed by atoms with Crippen molar-refractivity contribution in [3.63, 3.8) is 0 Å². The lowest BCUT2D eigenvalue weighted by Gasteiger charge is -2.33. The highest BCUT2D eigenvalue weighted by Crippen LogP contribution is 2.24. The molecule has 2 aromatic rings. The van der Waals surface area contributed by atoms with Gasteiger partial charge >= 0.3 is 0 Å². The standard InChI is InChI=1S/C23H28ClN3O3/c24-19-3-1-18(2-4-19)22-17-26(11-16-30-22)10-9-23(28)25-20-5-7-21(8-6-20)27-12-14-29-15-13-27/h1-8,22H,9-17H2,(H,25,28)/t22-/m0/s1. The summed E-state index contributed by atoms with van der Waals surface area (Å²) < 4.78 is 11.3. The minimum Gasteiger partial charge on any atom is -0.378 e. The van der Waals surface area contributed by atoms with Crippen LogP contribution in [-0.2, 0) is 14.3 Å². The van der Waals surface area contributed by atoms with Crippen LogP contribution in [0.25, 0.3) is 0 Å². The Morgan fingerprint density at radius 3 is 2.47 bits per heavy atom. The van der Waals surface area contributed by atoms with Crippen LogP contribution in [0.15, 0.2) is 48.5 Å². The summed E-state index contributed by atoms with van der Waals surface area (Å²) in [5.74, 6) is 0.0312. The van der Waals surface area contributed by atoms with Crippen molar-refractivity contribution in [2.75, 3.05) is 62.8 Å². The Morgan fingerprint density at radius 1 is 1.00 bits per heavy atom. The van der Waals surface area contributed by atoms with E-state index in [1.807, 2.05) is 36.4 Å². The van der Waals surface area contributed by atoms with Crippen molar-refractivity contribution < 1.29 is 14.3 Å². The van der Waals surface area contributed by atoms with Gasteiger partial charge < -0.3 is 19.7 Å². The smallest absolute Gasteiger partial charge is 0.225 e. The number of morpholine rings is 2. The highest BCUT2D eigenvalue weighted by Gasteiger charge is 2.22. The maximum Gasteiger partial charge on any atom is 0.225 e. The second-order valence-electron chi connectivity index (χ2n) is 7.66. The number of ether oxygens (including phenoxy) is 2. The zero-order valence-electron chi connectivity index (χ0n) is 17.1. The molecular weight excluding hydrogens is 402 g/mol. The summed E-state index contributed by atoms with van der Waals surface area (Å²) in [5.41, 5.74) is 3.12. The first-order valence-electron chi connectivity index (χ1n) is 10.5. The molecule has 0 bridgehead atoms. The Labute approximate surface area is 182 Å². The Kier molecular flexibility index (Phi) is 7.23. The molecule has 0 unspecified atom stereocenters. The molecular formula is C23H28ClN3O3. The van der Waals surface area contributed by atoms with Crippen molar-refractivity contribution in [2.45, 2.75) is 12.5 Å². The average molecular weight is 430 g/mol.